The van der Waals surface area contributed by atoms with Crippen LogP contribution >= 0.6 is 0 Å². The Morgan fingerprint density at radius 1 is 1.09 bits per heavy atom. The molecule has 1 aliphatic heterocycles. The summed E-state index contributed by atoms with van der Waals surface area (Å²) < 4.78 is 29.7. The zero-order valence-corrected chi connectivity index (χ0v) is 19.2. The van der Waals surface area contributed by atoms with Crippen molar-refractivity contribution in [2.45, 2.75) is 43.7 Å². The van der Waals surface area contributed by atoms with Crippen LogP contribution in [0.4, 0.5) is 0 Å². The summed E-state index contributed by atoms with van der Waals surface area (Å²) in [7, 11) is -2.03. The first-order chi connectivity index (χ1) is 15.4. The van der Waals surface area contributed by atoms with Gasteiger partial charge in [0.15, 0.2) is 0 Å². The van der Waals surface area contributed by atoms with E-state index in [1.807, 2.05) is 43.5 Å². The predicted octanol–water partition coefficient (Wildman–Crippen LogP) is 3.38. The van der Waals surface area contributed by atoms with Crippen molar-refractivity contribution in [2.75, 3.05) is 13.6 Å². The number of aryl methyl sites for hydroxylation is 1. The number of likely N-dealkylation sites (N-methyl/N-ethyl adjacent to an activating group) is 1. The number of para-hydroxylation sites is 1. The van der Waals surface area contributed by atoms with Crippen LogP contribution in [0.5, 0.6) is 0 Å². The highest BCUT2D eigenvalue weighted by molar-refractivity contribution is 7.89. The van der Waals surface area contributed by atoms with E-state index >= 15 is 0 Å². The quantitative estimate of drug-likeness (QED) is 0.575. The van der Waals surface area contributed by atoms with Gasteiger partial charge in [0.1, 0.15) is 6.04 Å². The van der Waals surface area contributed by atoms with Gasteiger partial charge in [-0.1, -0.05) is 42.3 Å². The van der Waals surface area contributed by atoms with Gasteiger partial charge in [0.05, 0.1) is 16.8 Å². The first kappa shape index (κ1) is 22.2. The summed E-state index contributed by atoms with van der Waals surface area (Å²) in [5, 5.41) is 4.38. The van der Waals surface area contributed by atoms with E-state index in [1.54, 1.807) is 47.1 Å². The summed E-state index contributed by atoms with van der Waals surface area (Å²) in [6.45, 7) is 2.63. The maximum atomic E-state index is 13.3. The van der Waals surface area contributed by atoms with Gasteiger partial charge in [0.2, 0.25) is 15.9 Å². The highest BCUT2D eigenvalue weighted by Gasteiger charge is 2.38. The first-order valence-electron chi connectivity index (χ1n) is 10.8. The zero-order valence-electron chi connectivity index (χ0n) is 18.4. The van der Waals surface area contributed by atoms with Gasteiger partial charge in [-0.25, -0.2) is 13.1 Å². The Labute approximate surface area is 189 Å². The number of hydrogen-bond donors (Lipinski definition) is 0. The second kappa shape index (κ2) is 9.26. The van der Waals surface area contributed by atoms with Crippen molar-refractivity contribution in [3.05, 3.63) is 78.1 Å². The third-order valence-corrected chi connectivity index (χ3v) is 7.74. The molecule has 168 valence electrons. The molecular weight excluding hydrogens is 424 g/mol. The van der Waals surface area contributed by atoms with Gasteiger partial charge < -0.3 is 4.90 Å². The van der Waals surface area contributed by atoms with Crippen LogP contribution in [0.15, 0.2) is 71.9 Å². The molecule has 0 bridgehead atoms. The van der Waals surface area contributed by atoms with Gasteiger partial charge in [-0.15, -0.1) is 0 Å². The molecule has 0 radical (unpaired) electrons. The van der Waals surface area contributed by atoms with Crippen LogP contribution in [0.2, 0.25) is 0 Å². The second-order valence-corrected chi connectivity index (χ2v) is 10.2. The van der Waals surface area contributed by atoms with E-state index in [-0.39, 0.29) is 10.8 Å². The smallest absolute Gasteiger partial charge is 0.243 e. The molecule has 1 aliphatic rings. The molecule has 3 aromatic rings. The molecule has 1 atom stereocenters. The fourth-order valence-corrected chi connectivity index (χ4v) is 5.71. The molecule has 1 amide bonds. The van der Waals surface area contributed by atoms with Gasteiger partial charge in [-0.3, -0.25) is 4.79 Å². The molecule has 8 heteroatoms. The summed E-state index contributed by atoms with van der Waals surface area (Å²) in [6.07, 6.45) is 5.73. The van der Waals surface area contributed by atoms with Crippen molar-refractivity contribution >= 4 is 15.9 Å². The number of rotatable bonds is 6. The van der Waals surface area contributed by atoms with Crippen LogP contribution < -0.4 is 0 Å². The molecule has 1 unspecified atom stereocenters. The number of piperidine rings is 1. The van der Waals surface area contributed by atoms with Gasteiger partial charge in [0.25, 0.3) is 0 Å². The Balaban J connectivity index is 1.50. The van der Waals surface area contributed by atoms with E-state index in [0.29, 0.717) is 19.5 Å². The largest absolute Gasteiger partial charge is 0.340 e. The Bertz CT molecular complexity index is 1170. The number of carbonyl (C=O) groups excluding carboxylic acids is 1. The third kappa shape index (κ3) is 4.61. The number of aromatic nitrogens is 2. The standard InChI is InChI=1S/C24H28N4O3S/c1-19-11-13-22(14-12-19)32(30,31)28-15-7-6-10-23(28)24(29)26(2)17-20-16-25-27(18-20)21-8-4-3-5-9-21/h3-5,8-9,11-14,16,18,23H,6-7,10,15,17H2,1-2H3. The highest BCUT2D eigenvalue weighted by atomic mass is 32.2. The Morgan fingerprint density at radius 2 is 1.81 bits per heavy atom. The van der Waals surface area contributed by atoms with Gasteiger partial charge >= 0.3 is 0 Å². The van der Waals surface area contributed by atoms with Crippen LogP contribution in [-0.4, -0.2) is 52.9 Å². The van der Waals surface area contributed by atoms with Crippen molar-refractivity contribution < 1.29 is 13.2 Å². The lowest BCUT2D eigenvalue weighted by Crippen LogP contribution is -2.51. The maximum absolute atomic E-state index is 13.3. The molecule has 4 rings (SSSR count). The molecule has 0 aliphatic carbocycles. The van der Waals surface area contributed by atoms with E-state index in [9.17, 15) is 13.2 Å². The van der Waals surface area contributed by atoms with E-state index in [0.717, 1.165) is 29.7 Å². The summed E-state index contributed by atoms with van der Waals surface area (Å²) in [5.74, 6) is -0.187. The number of hydrogen-bond acceptors (Lipinski definition) is 4. The lowest BCUT2D eigenvalue weighted by molar-refractivity contribution is -0.135. The number of benzene rings is 2. The minimum Gasteiger partial charge on any atom is -0.340 e. The topological polar surface area (TPSA) is 75.5 Å². The monoisotopic (exact) mass is 452 g/mol. The average molecular weight is 453 g/mol. The van der Waals surface area contributed by atoms with Crippen LogP contribution in [0.25, 0.3) is 5.69 Å². The molecular formula is C24H28N4O3S. The fourth-order valence-electron chi connectivity index (χ4n) is 4.05. The zero-order chi connectivity index (χ0) is 22.7. The molecule has 2 aromatic carbocycles. The van der Waals surface area contributed by atoms with E-state index < -0.39 is 16.1 Å². The molecule has 0 N–H and O–H groups in total. The third-order valence-electron chi connectivity index (χ3n) is 5.82. The molecule has 2 heterocycles. The second-order valence-electron chi connectivity index (χ2n) is 8.26. The Morgan fingerprint density at radius 3 is 2.53 bits per heavy atom. The van der Waals surface area contributed by atoms with Gasteiger partial charge in [-0.05, 0) is 44.0 Å². The molecule has 1 aromatic heterocycles. The maximum Gasteiger partial charge on any atom is 0.243 e. The summed E-state index contributed by atoms with van der Waals surface area (Å²) in [6, 6.07) is 15.9. The van der Waals surface area contributed by atoms with Crippen molar-refractivity contribution in [1.82, 2.24) is 19.0 Å². The van der Waals surface area contributed by atoms with Crippen LogP contribution in [-0.2, 0) is 21.4 Å². The Kier molecular flexibility index (Phi) is 6.43. The van der Waals surface area contributed by atoms with Gasteiger partial charge in [0, 0.05) is 31.9 Å². The lowest BCUT2D eigenvalue weighted by atomic mass is 10.0. The van der Waals surface area contributed by atoms with Crippen molar-refractivity contribution in [3.8, 4) is 5.69 Å². The molecule has 1 fully saturated rings. The van der Waals surface area contributed by atoms with Crippen molar-refractivity contribution in [2.24, 2.45) is 0 Å². The lowest BCUT2D eigenvalue weighted by Gasteiger charge is -2.35. The number of amides is 1. The molecule has 0 saturated carbocycles. The molecule has 7 nitrogen and oxygen atoms in total. The fraction of sp³-hybridized carbons (Fsp3) is 0.333. The number of carbonyl (C=O) groups is 1. The predicted molar refractivity (Wildman–Crippen MR) is 123 cm³/mol. The first-order valence-corrected chi connectivity index (χ1v) is 12.2. The van der Waals surface area contributed by atoms with Crippen LogP contribution in [0.3, 0.4) is 0 Å². The number of sulfonamides is 1. The number of nitrogens with zero attached hydrogens (tertiary/aromatic N) is 4. The molecule has 1 saturated heterocycles. The molecule has 0 spiro atoms. The highest BCUT2D eigenvalue weighted by Crippen LogP contribution is 2.27. The summed E-state index contributed by atoms with van der Waals surface area (Å²) in [5.41, 5.74) is 2.81. The minimum absolute atomic E-state index is 0.187. The van der Waals surface area contributed by atoms with E-state index in [2.05, 4.69) is 5.10 Å². The SMILES string of the molecule is Cc1ccc(S(=O)(=O)N2CCCCC2C(=O)N(C)Cc2cnn(-c3ccccc3)c2)cc1. The molecule has 32 heavy (non-hydrogen) atoms. The van der Waals surface area contributed by atoms with Crippen molar-refractivity contribution in [1.29, 1.82) is 0 Å². The normalized spacial score (nSPS) is 17.2. The minimum atomic E-state index is -3.74. The Hall–Kier alpha value is -2.97. The van der Waals surface area contributed by atoms with Crippen molar-refractivity contribution in [3.63, 3.8) is 0 Å². The van der Waals surface area contributed by atoms with E-state index in [1.165, 1.54) is 4.31 Å². The summed E-state index contributed by atoms with van der Waals surface area (Å²) in [4.78, 5) is 15.1. The average Bonchev–Trinajstić information content (AvgIpc) is 3.28. The van der Waals surface area contributed by atoms with Crippen LogP contribution in [0, 0.1) is 6.92 Å². The van der Waals surface area contributed by atoms with E-state index in [4.69, 9.17) is 0 Å². The van der Waals surface area contributed by atoms with Crippen LogP contribution in [0.1, 0.15) is 30.4 Å². The summed E-state index contributed by atoms with van der Waals surface area (Å²) >= 11 is 0. The van der Waals surface area contributed by atoms with Gasteiger partial charge in [-0.2, -0.15) is 9.40 Å².